The molecule has 0 radical (unpaired) electrons. The Morgan fingerprint density at radius 2 is 1.50 bits per heavy atom. The number of para-hydroxylation sites is 1. The summed E-state index contributed by atoms with van der Waals surface area (Å²) in [5.41, 5.74) is 3.58. The van der Waals surface area contributed by atoms with Crippen LogP contribution in [-0.2, 0) is 10.0 Å². The molecule has 0 unspecified atom stereocenters. The van der Waals surface area contributed by atoms with E-state index in [1.165, 1.54) is 47.5 Å². The van der Waals surface area contributed by atoms with Gasteiger partial charge in [-0.2, -0.15) is 4.31 Å². The van der Waals surface area contributed by atoms with Crippen molar-refractivity contribution in [1.29, 1.82) is 0 Å². The predicted octanol–water partition coefficient (Wildman–Crippen LogP) is 3.48. The van der Waals surface area contributed by atoms with Crippen molar-refractivity contribution in [2.45, 2.75) is 18.7 Å². The van der Waals surface area contributed by atoms with Gasteiger partial charge in [0, 0.05) is 44.0 Å². The van der Waals surface area contributed by atoms with Gasteiger partial charge in [0.15, 0.2) is 0 Å². The molecule has 6 nitrogen and oxygen atoms in total. The molecule has 28 heavy (non-hydrogen) atoms. The van der Waals surface area contributed by atoms with Crippen LogP contribution in [0.5, 0.6) is 11.5 Å². The maximum absolute atomic E-state index is 13.3. The summed E-state index contributed by atoms with van der Waals surface area (Å²) in [4.78, 5) is 2.31. The number of anilines is 1. The summed E-state index contributed by atoms with van der Waals surface area (Å²) >= 11 is 6.11. The Balaban J connectivity index is 1.86. The molecule has 0 aliphatic carbocycles. The normalized spacial score (nSPS) is 15.5. The van der Waals surface area contributed by atoms with Gasteiger partial charge in [-0.15, -0.1) is 0 Å². The summed E-state index contributed by atoms with van der Waals surface area (Å²) in [5.74, 6) is 0.512. The first-order valence-electron chi connectivity index (χ1n) is 9.02. The zero-order valence-electron chi connectivity index (χ0n) is 16.5. The average molecular weight is 425 g/mol. The van der Waals surface area contributed by atoms with Crippen molar-refractivity contribution in [3.05, 3.63) is 46.5 Å². The molecule has 0 saturated carbocycles. The lowest BCUT2D eigenvalue weighted by molar-refractivity contribution is 0.370. The van der Waals surface area contributed by atoms with E-state index in [1.807, 2.05) is 6.07 Å². The van der Waals surface area contributed by atoms with Gasteiger partial charge in [-0.05, 0) is 25.0 Å². The topological polar surface area (TPSA) is 59.1 Å². The minimum Gasteiger partial charge on any atom is -0.495 e. The fourth-order valence-electron chi connectivity index (χ4n) is 3.63. The fraction of sp³-hybridized carbons (Fsp3) is 0.400. The molecule has 1 heterocycles. The van der Waals surface area contributed by atoms with Crippen molar-refractivity contribution in [3.63, 3.8) is 0 Å². The van der Waals surface area contributed by atoms with E-state index in [0.717, 1.165) is 0 Å². The molecule has 2 aromatic rings. The second-order valence-corrected chi connectivity index (χ2v) is 9.08. The van der Waals surface area contributed by atoms with Crippen LogP contribution in [0.2, 0.25) is 5.02 Å². The third-order valence-corrected chi connectivity index (χ3v) is 7.27. The molecule has 1 saturated heterocycles. The quantitative estimate of drug-likeness (QED) is 0.735. The first-order chi connectivity index (χ1) is 13.3. The number of aryl methyl sites for hydroxylation is 2. The molecule has 0 aromatic heterocycles. The molecule has 0 bridgehead atoms. The highest BCUT2D eigenvalue weighted by Gasteiger charge is 2.32. The molecule has 1 aliphatic heterocycles. The molecule has 8 heteroatoms. The van der Waals surface area contributed by atoms with E-state index in [4.69, 9.17) is 21.1 Å². The van der Waals surface area contributed by atoms with Crippen LogP contribution in [0.3, 0.4) is 0 Å². The van der Waals surface area contributed by atoms with Crippen LogP contribution in [0.15, 0.2) is 35.2 Å². The third-order valence-electron chi connectivity index (χ3n) is 5.05. The summed E-state index contributed by atoms with van der Waals surface area (Å²) in [6.45, 7) is 6.19. The van der Waals surface area contributed by atoms with Crippen LogP contribution in [0.25, 0.3) is 0 Å². The summed E-state index contributed by atoms with van der Waals surface area (Å²) < 4.78 is 38.5. The van der Waals surface area contributed by atoms with Crippen molar-refractivity contribution in [1.82, 2.24) is 4.31 Å². The van der Waals surface area contributed by atoms with E-state index >= 15 is 0 Å². The lowest BCUT2D eigenvalue weighted by Crippen LogP contribution is -2.49. The van der Waals surface area contributed by atoms with E-state index < -0.39 is 10.0 Å². The number of hydrogen-bond donors (Lipinski definition) is 0. The van der Waals surface area contributed by atoms with Crippen LogP contribution in [0.4, 0.5) is 5.69 Å². The zero-order valence-corrected chi connectivity index (χ0v) is 18.1. The molecule has 0 spiro atoms. The van der Waals surface area contributed by atoms with Crippen LogP contribution in [0, 0.1) is 13.8 Å². The van der Waals surface area contributed by atoms with Crippen LogP contribution < -0.4 is 14.4 Å². The van der Waals surface area contributed by atoms with Crippen molar-refractivity contribution >= 4 is 27.3 Å². The summed E-state index contributed by atoms with van der Waals surface area (Å²) in [6, 6.07) is 9.09. The molecule has 1 fully saturated rings. The van der Waals surface area contributed by atoms with Gasteiger partial charge in [0.05, 0.1) is 19.2 Å². The number of piperazine rings is 1. The number of sulfonamides is 1. The second kappa shape index (κ2) is 8.19. The standard InChI is InChI=1S/C20H25ClN2O4S/c1-14-6-5-7-15(2)20(14)22-8-10-23(11-9-22)28(24,25)19-13-17(26-3)16(21)12-18(19)27-4/h5-7,12-13H,8-11H2,1-4H3. The Hall–Kier alpha value is -1.96. The molecular formula is C20H25ClN2O4S. The Morgan fingerprint density at radius 1 is 0.929 bits per heavy atom. The number of nitrogens with zero attached hydrogens (tertiary/aromatic N) is 2. The monoisotopic (exact) mass is 424 g/mol. The SMILES string of the molecule is COc1cc(S(=O)(=O)N2CCN(c3c(C)cccc3C)CC2)c(OC)cc1Cl. The molecule has 3 rings (SSSR count). The van der Waals surface area contributed by atoms with Gasteiger partial charge in [0.25, 0.3) is 0 Å². The Labute approximate surface area is 171 Å². The van der Waals surface area contributed by atoms with E-state index in [0.29, 0.717) is 37.0 Å². The zero-order chi connectivity index (χ0) is 20.5. The lowest BCUT2D eigenvalue weighted by atomic mass is 10.1. The number of rotatable bonds is 5. The lowest BCUT2D eigenvalue weighted by Gasteiger charge is -2.37. The summed E-state index contributed by atoms with van der Waals surface area (Å²) in [7, 11) is -0.859. The van der Waals surface area contributed by atoms with Gasteiger partial charge in [-0.3, -0.25) is 0 Å². The molecule has 0 atom stereocenters. The number of benzene rings is 2. The minimum atomic E-state index is -3.74. The van der Waals surface area contributed by atoms with Gasteiger partial charge < -0.3 is 14.4 Å². The Kier molecular flexibility index (Phi) is 6.07. The third kappa shape index (κ3) is 3.79. The van der Waals surface area contributed by atoms with Crippen LogP contribution in [-0.4, -0.2) is 53.1 Å². The molecular weight excluding hydrogens is 400 g/mol. The molecule has 0 N–H and O–H groups in total. The first-order valence-corrected chi connectivity index (χ1v) is 10.8. The molecule has 152 valence electrons. The van der Waals surface area contributed by atoms with Gasteiger partial charge in [-0.25, -0.2) is 8.42 Å². The van der Waals surface area contributed by atoms with Crippen molar-refractivity contribution in [3.8, 4) is 11.5 Å². The van der Waals surface area contributed by atoms with Gasteiger partial charge in [0.2, 0.25) is 10.0 Å². The Morgan fingerprint density at radius 3 is 2.04 bits per heavy atom. The number of methoxy groups -OCH3 is 2. The smallest absolute Gasteiger partial charge is 0.247 e. The number of ether oxygens (including phenoxy) is 2. The van der Waals surface area contributed by atoms with E-state index in [2.05, 4.69) is 30.9 Å². The maximum Gasteiger partial charge on any atom is 0.247 e. The van der Waals surface area contributed by atoms with Gasteiger partial charge in [-0.1, -0.05) is 29.8 Å². The highest BCUT2D eigenvalue weighted by Crippen LogP contribution is 2.37. The van der Waals surface area contributed by atoms with Gasteiger partial charge >= 0.3 is 0 Å². The van der Waals surface area contributed by atoms with Gasteiger partial charge in [0.1, 0.15) is 16.4 Å². The van der Waals surface area contributed by atoms with Crippen molar-refractivity contribution in [2.24, 2.45) is 0 Å². The molecule has 1 aliphatic rings. The molecule has 2 aromatic carbocycles. The maximum atomic E-state index is 13.3. The van der Waals surface area contributed by atoms with Crippen LogP contribution in [0.1, 0.15) is 11.1 Å². The van der Waals surface area contributed by atoms with E-state index in [9.17, 15) is 8.42 Å². The number of halogens is 1. The fourth-order valence-corrected chi connectivity index (χ4v) is 5.44. The first kappa shape index (κ1) is 20.8. The summed E-state index contributed by atoms with van der Waals surface area (Å²) in [5, 5.41) is 0.304. The van der Waals surface area contributed by atoms with E-state index in [-0.39, 0.29) is 10.6 Å². The molecule has 0 amide bonds. The second-order valence-electron chi connectivity index (χ2n) is 6.77. The minimum absolute atomic E-state index is 0.0665. The number of hydrogen-bond acceptors (Lipinski definition) is 5. The largest absolute Gasteiger partial charge is 0.495 e. The van der Waals surface area contributed by atoms with Crippen molar-refractivity contribution in [2.75, 3.05) is 45.3 Å². The van der Waals surface area contributed by atoms with E-state index in [1.54, 1.807) is 0 Å². The highest BCUT2D eigenvalue weighted by atomic mass is 35.5. The van der Waals surface area contributed by atoms with Crippen LogP contribution >= 0.6 is 11.6 Å². The Bertz CT molecular complexity index is 950. The average Bonchev–Trinajstić information content (AvgIpc) is 2.67. The highest BCUT2D eigenvalue weighted by molar-refractivity contribution is 7.89. The van der Waals surface area contributed by atoms with Crippen molar-refractivity contribution < 1.29 is 17.9 Å². The summed E-state index contributed by atoms with van der Waals surface area (Å²) in [6.07, 6.45) is 0. The predicted molar refractivity (Wildman–Crippen MR) is 111 cm³/mol.